The number of hydrogen-bond donors (Lipinski definition) is 1. The third-order valence-corrected chi connectivity index (χ3v) is 8.06. The van der Waals surface area contributed by atoms with Gasteiger partial charge in [-0.25, -0.2) is 9.18 Å². The monoisotopic (exact) mass is 577 g/mol. The molecular weight excluding hydrogens is 549 g/mol. The lowest BCUT2D eigenvalue weighted by molar-refractivity contribution is 0.0739. The Morgan fingerprint density at radius 2 is 1.80 bits per heavy atom. The average molecular weight is 578 g/mol. The zero-order valence-corrected chi connectivity index (χ0v) is 24.4. The molecule has 0 spiro atoms. The molecule has 0 saturated heterocycles. The summed E-state index contributed by atoms with van der Waals surface area (Å²) in [4.78, 5) is 13.0. The second-order valence-corrected chi connectivity index (χ2v) is 11.6. The van der Waals surface area contributed by atoms with Crippen LogP contribution in [-0.2, 0) is 6.61 Å². The molecule has 40 heavy (non-hydrogen) atoms. The molecule has 2 heterocycles. The summed E-state index contributed by atoms with van der Waals surface area (Å²) in [6, 6.07) is 15.5. The lowest BCUT2D eigenvalue weighted by Crippen LogP contribution is -2.32. The fourth-order valence-electron chi connectivity index (χ4n) is 5.03. The molecule has 1 aliphatic rings. The highest BCUT2D eigenvalue weighted by molar-refractivity contribution is 7.12. The Bertz CT molecular complexity index is 1640. The third-order valence-electron chi connectivity index (χ3n) is 6.74. The molecule has 0 fully saturated rings. The molecule has 4 aromatic rings. The molecular formula is C32H29ClFNO4S. The van der Waals surface area contributed by atoms with E-state index in [-0.39, 0.29) is 18.0 Å². The molecule has 1 N–H and O–H groups in total. The number of ether oxygens (including phenoxy) is 3. The summed E-state index contributed by atoms with van der Waals surface area (Å²) in [6.45, 7) is 8.40. The van der Waals surface area contributed by atoms with Gasteiger partial charge in [-0.05, 0) is 80.1 Å². The van der Waals surface area contributed by atoms with Gasteiger partial charge in [0, 0.05) is 34.5 Å². The van der Waals surface area contributed by atoms with E-state index in [4.69, 9.17) is 25.8 Å². The molecule has 206 valence electrons. The molecule has 0 aliphatic carbocycles. The van der Waals surface area contributed by atoms with Crippen LogP contribution >= 0.6 is 22.9 Å². The highest BCUT2D eigenvalue weighted by Gasteiger charge is 2.27. The van der Waals surface area contributed by atoms with E-state index < -0.39 is 5.97 Å². The van der Waals surface area contributed by atoms with E-state index in [1.54, 1.807) is 36.8 Å². The van der Waals surface area contributed by atoms with Crippen LogP contribution in [0.1, 0.15) is 47.1 Å². The van der Waals surface area contributed by atoms with Crippen molar-refractivity contribution in [3.8, 4) is 28.4 Å². The molecule has 8 heteroatoms. The smallest absolute Gasteiger partial charge is 0.355 e. The van der Waals surface area contributed by atoms with Crippen molar-refractivity contribution >= 4 is 40.2 Å². The molecule has 0 atom stereocenters. The van der Waals surface area contributed by atoms with Crippen LogP contribution in [0, 0.1) is 12.7 Å². The van der Waals surface area contributed by atoms with Gasteiger partial charge in [-0.2, -0.15) is 0 Å². The quantitative estimate of drug-likeness (QED) is 0.175. The standard InChI is InChI=1S/C32H29ClFNO4S/c1-18-6-7-20(34)14-27(18)38-17-24-22(10-11-26-29(24)19(2)16-32(3,4)35-26)23-9-8-21(15-28(23)37-5)39-31(36)30-25(33)12-13-40-30/h6-16,35H,17H2,1-5H3. The highest BCUT2D eigenvalue weighted by atomic mass is 35.5. The van der Waals surface area contributed by atoms with Crippen molar-refractivity contribution in [3.05, 3.63) is 98.5 Å². The Hall–Kier alpha value is -3.81. The van der Waals surface area contributed by atoms with Gasteiger partial charge in [0.15, 0.2) is 0 Å². The number of carbonyl (C=O) groups is 1. The van der Waals surface area contributed by atoms with Crippen LogP contribution in [0.5, 0.6) is 17.2 Å². The van der Waals surface area contributed by atoms with Gasteiger partial charge in [-0.1, -0.05) is 29.8 Å². The molecule has 5 nitrogen and oxygen atoms in total. The van der Waals surface area contributed by atoms with E-state index in [0.717, 1.165) is 39.1 Å². The summed E-state index contributed by atoms with van der Waals surface area (Å²) in [7, 11) is 1.57. The van der Waals surface area contributed by atoms with Crippen LogP contribution in [0.3, 0.4) is 0 Å². The maximum absolute atomic E-state index is 14.0. The number of anilines is 1. The second kappa shape index (κ2) is 11.0. The number of methoxy groups -OCH3 is 1. The zero-order valence-electron chi connectivity index (χ0n) is 22.9. The molecule has 0 bridgehead atoms. The van der Waals surface area contributed by atoms with Crippen LogP contribution < -0.4 is 19.5 Å². The van der Waals surface area contributed by atoms with Crippen LogP contribution in [0.25, 0.3) is 16.7 Å². The number of hydrogen-bond acceptors (Lipinski definition) is 6. The number of nitrogens with one attached hydrogen (secondary N) is 1. The highest BCUT2D eigenvalue weighted by Crippen LogP contribution is 2.43. The van der Waals surface area contributed by atoms with Gasteiger partial charge in [-0.15, -0.1) is 11.3 Å². The lowest BCUT2D eigenvalue weighted by Gasteiger charge is -2.33. The predicted octanol–water partition coefficient (Wildman–Crippen LogP) is 8.93. The summed E-state index contributed by atoms with van der Waals surface area (Å²) >= 11 is 7.33. The van der Waals surface area contributed by atoms with Gasteiger partial charge in [0.25, 0.3) is 0 Å². The molecule has 1 aliphatic heterocycles. The summed E-state index contributed by atoms with van der Waals surface area (Å²) in [6.07, 6.45) is 2.19. The SMILES string of the molecule is COc1cc(OC(=O)c2sccc2Cl)ccc1-c1ccc2c(c1COc1cc(F)ccc1C)C(C)=CC(C)(C)N2. The number of allylic oxidation sites excluding steroid dienone is 1. The zero-order chi connectivity index (χ0) is 28.6. The van der Waals surface area contributed by atoms with Crippen molar-refractivity contribution in [2.24, 2.45) is 0 Å². The van der Waals surface area contributed by atoms with Crippen LogP contribution in [0.4, 0.5) is 10.1 Å². The lowest BCUT2D eigenvalue weighted by atomic mass is 9.85. The first-order valence-corrected chi connectivity index (χ1v) is 14.0. The Labute approximate surface area is 242 Å². The number of carbonyl (C=O) groups excluding carboxylic acids is 1. The van der Waals surface area contributed by atoms with Crippen LogP contribution in [0.15, 0.2) is 66.1 Å². The minimum absolute atomic E-state index is 0.201. The fourth-order valence-corrected chi connectivity index (χ4v) is 6.04. The Morgan fingerprint density at radius 1 is 1.02 bits per heavy atom. The Kier molecular flexibility index (Phi) is 7.62. The average Bonchev–Trinajstić information content (AvgIpc) is 3.34. The largest absolute Gasteiger partial charge is 0.496 e. The van der Waals surface area contributed by atoms with E-state index >= 15 is 0 Å². The van der Waals surface area contributed by atoms with E-state index in [0.29, 0.717) is 27.1 Å². The van der Waals surface area contributed by atoms with E-state index in [2.05, 4.69) is 32.2 Å². The molecule has 0 radical (unpaired) electrons. The minimum atomic E-state index is -0.530. The number of benzene rings is 3. The first-order chi connectivity index (χ1) is 19.1. The van der Waals surface area contributed by atoms with Gasteiger partial charge < -0.3 is 19.5 Å². The number of thiophene rings is 1. The first-order valence-electron chi connectivity index (χ1n) is 12.7. The van der Waals surface area contributed by atoms with E-state index in [1.807, 2.05) is 25.1 Å². The third kappa shape index (κ3) is 5.58. The number of aryl methyl sites for hydroxylation is 1. The molecule has 1 aromatic heterocycles. The van der Waals surface area contributed by atoms with Crippen molar-refractivity contribution in [1.29, 1.82) is 0 Å². The normalized spacial score (nSPS) is 13.6. The van der Waals surface area contributed by atoms with Crippen molar-refractivity contribution in [3.63, 3.8) is 0 Å². The second-order valence-electron chi connectivity index (χ2n) is 10.2. The summed E-state index contributed by atoms with van der Waals surface area (Å²) in [5.41, 5.74) is 6.35. The maximum atomic E-state index is 14.0. The van der Waals surface area contributed by atoms with Crippen molar-refractivity contribution < 1.29 is 23.4 Å². The van der Waals surface area contributed by atoms with Crippen molar-refractivity contribution in [2.45, 2.75) is 39.8 Å². The molecule has 5 rings (SSSR count). The topological polar surface area (TPSA) is 56.8 Å². The number of rotatable bonds is 7. The molecule has 3 aromatic carbocycles. The summed E-state index contributed by atoms with van der Waals surface area (Å²) < 4.78 is 31.6. The van der Waals surface area contributed by atoms with Crippen molar-refractivity contribution in [1.82, 2.24) is 0 Å². The number of fused-ring (bicyclic) bond motifs is 1. The van der Waals surface area contributed by atoms with E-state index in [9.17, 15) is 9.18 Å². The molecule has 0 amide bonds. The van der Waals surface area contributed by atoms with Gasteiger partial charge in [0.1, 0.15) is 34.5 Å². The Morgan fingerprint density at radius 3 is 2.52 bits per heavy atom. The fraction of sp³-hybridized carbons (Fsp3) is 0.219. The Balaban J connectivity index is 1.57. The van der Waals surface area contributed by atoms with Gasteiger partial charge >= 0.3 is 5.97 Å². The van der Waals surface area contributed by atoms with Crippen LogP contribution in [-0.4, -0.2) is 18.6 Å². The predicted molar refractivity (Wildman–Crippen MR) is 160 cm³/mol. The maximum Gasteiger partial charge on any atom is 0.355 e. The molecule has 0 unspecified atom stereocenters. The minimum Gasteiger partial charge on any atom is -0.496 e. The number of esters is 1. The first kappa shape index (κ1) is 27.7. The van der Waals surface area contributed by atoms with E-state index in [1.165, 1.54) is 23.5 Å². The molecule has 0 saturated carbocycles. The van der Waals surface area contributed by atoms with Gasteiger partial charge in [0.2, 0.25) is 0 Å². The summed E-state index contributed by atoms with van der Waals surface area (Å²) in [5.74, 6) is 0.455. The van der Waals surface area contributed by atoms with Gasteiger partial charge in [0.05, 0.1) is 17.7 Å². The summed E-state index contributed by atoms with van der Waals surface area (Å²) in [5, 5.41) is 5.68. The van der Waals surface area contributed by atoms with Crippen molar-refractivity contribution in [2.75, 3.05) is 12.4 Å². The van der Waals surface area contributed by atoms with Crippen LogP contribution in [0.2, 0.25) is 5.02 Å². The number of halogens is 2. The van der Waals surface area contributed by atoms with Gasteiger partial charge in [-0.3, -0.25) is 0 Å².